The van der Waals surface area contributed by atoms with Gasteiger partial charge in [-0.05, 0) is 70.2 Å². The van der Waals surface area contributed by atoms with Gasteiger partial charge in [0.25, 0.3) is 5.91 Å². The van der Waals surface area contributed by atoms with Gasteiger partial charge in [0.2, 0.25) is 0 Å². The predicted molar refractivity (Wildman–Crippen MR) is 130 cm³/mol. The zero-order chi connectivity index (χ0) is 22.8. The quantitative estimate of drug-likeness (QED) is 0.595. The van der Waals surface area contributed by atoms with E-state index >= 15 is 0 Å². The van der Waals surface area contributed by atoms with Crippen molar-refractivity contribution in [2.24, 2.45) is 13.0 Å². The van der Waals surface area contributed by atoms with E-state index in [0.717, 1.165) is 80.9 Å². The number of hydrogen-bond acceptors (Lipinski definition) is 4. The second-order valence-electron chi connectivity index (χ2n) is 9.80. The Bertz CT molecular complexity index is 1100. The van der Waals surface area contributed by atoms with Crippen molar-refractivity contribution in [3.05, 3.63) is 47.5 Å². The van der Waals surface area contributed by atoms with E-state index in [4.69, 9.17) is 4.98 Å². The van der Waals surface area contributed by atoms with Crippen LogP contribution in [0.25, 0.3) is 11.0 Å². The molecule has 2 fully saturated rings. The fourth-order valence-corrected chi connectivity index (χ4v) is 5.63. The maximum atomic E-state index is 12.9. The smallest absolute Gasteiger partial charge is 0.254 e. The molecule has 3 aromatic rings. The number of nitrogens with zero attached hydrogens (tertiary/aromatic N) is 5. The maximum absolute atomic E-state index is 12.9. The van der Waals surface area contributed by atoms with Crippen molar-refractivity contribution in [2.75, 3.05) is 13.1 Å². The van der Waals surface area contributed by atoms with Crippen LogP contribution in [0.5, 0.6) is 0 Å². The monoisotopic (exact) mass is 448 g/mol. The fourth-order valence-electron chi connectivity index (χ4n) is 5.63. The molecule has 7 heteroatoms. The molecule has 2 aliphatic rings. The van der Waals surface area contributed by atoms with Crippen LogP contribution in [0.3, 0.4) is 0 Å². The Labute approximate surface area is 196 Å². The first-order valence-electron chi connectivity index (χ1n) is 12.6. The lowest BCUT2D eigenvalue weighted by Crippen LogP contribution is -2.35. The lowest BCUT2D eigenvalue weighted by molar-refractivity contribution is 0.0936. The van der Waals surface area contributed by atoms with E-state index in [1.807, 2.05) is 13.2 Å². The number of carbonyl (C=O) groups excluding carboxylic acids is 1. The second-order valence-corrected chi connectivity index (χ2v) is 9.80. The Morgan fingerprint density at radius 3 is 2.64 bits per heavy atom. The average molecular weight is 449 g/mol. The molecule has 1 saturated heterocycles. The van der Waals surface area contributed by atoms with Crippen LogP contribution in [0, 0.1) is 5.92 Å². The number of likely N-dealkylation sites (tertiary alicyclic amines) is 1. The summed E-state index contributed by atoms with van der Waals surface area (Å²) >= 11 is 0. The molecule has 0 atom stereocenters. The standard InChI is InChI=1S/C26H36N6O/c1-3-32-24-11-7-6-10-22(24)28-25(32)18-31-14-12-19(13-15-31)16-23-21(17-30(2)29-23)26(33)27-20-8-4-5-9-20/h6-7,10-11,17,19-20H,3-5,8-9,12-16,18H2,1-2H3,(H,27,33). The van der Waals surface area contributed by atoms with Gasteiger partial charge < -0.3 is 9.88 Å². The van der Waals surface area contributed by atoms with Crippen LogP contribution in [0.15, 0.2) is 30.5 Å². The van der Waals surface area contributed by atoms with Crippen molar-refractivity contribution < 1.29 is 4.79 Å². The molecule has 1 amide bonds. The summed E-state index contributed by atoms with van der Waals surface area (Å²) in [5, 5.41) is 7.90. The molecule has 1 aliphatic heterocycles. The van der Waals surface area contributed by atoms with E-state index in [1.165, 1.54) is 18.4 Å². The highest BCUT2D eigenvalue weighted by Crippen LogP contribution is 2.25. The largest absolute Gasteiger partial charge is 0.349 e. The van der Waals surface area contributed by atoms with Gasteiger partial charge >= 0.3 is 0 Å². The SMILES string of the molecule is CCn1c(CN2CCC(Cc3nn(C)cc3C(=O)NC3CCCC3)CC2)nc2ccccc21. The van der Waals surface area contributed by atoms with E-state index in [1.54, 1.807) is 4.68 Å². The molecule has 1 N–H and O–H groups in total. The van der Waals surface area contributed by atoms with Crippen LogP contribution in [-0.2, 0) is 26.6 Å². The van der Waals surface area contributed by atoms with Gasteiger partial charge in [0.1, 0.15) is 5.82 Å². The Morgan fingerprint density at radius 2 is 1.88 bits per heavy atom. The van der Waals surface area contributed by atoms with Crippen molar-refractivity contribution in [1.82, 2.24) is 29.5 Å². The normalized spacial score (nSPS) is 18.4. The summed E-state index contributed by atoms with van der Waals surface area (Å²) in [6.45, 7) is 6.16. The minimum Gasteiger partial charge on any atom is -0.349 e. The Hall–Kier alpha value is -2.67. The van der Waals surface area contributed by atoms with Gasteiger partial charge in [0.05, 0.1) is 28.8 Å². The number of aromatic nitrogens is 4. The summed E-state index contributed by atoms with van der Waals surface area (Å²) in [6.07, 6.45) is 9.69. The van der Waals surface area contributed by atoms with Gasteiger partial charge in [-0.1, -0.05) is 25.0 Å². The third-order valence-corrected chi connectivity index (χ3v) is 7.44. The second kappa shape index (κ2) is 9.67. The molecule has 1 aromatic carbocycles. The molecule has 0 unspecified atom stereocenters. The molecule has 0 radical (unpaired) electrons. The predicted octanol–water partition coefficient (Wildman–Crippen LogP) is 3.92. The number of fused-ring (bicyclic) bond motifs is 1. The number of rotatable bonds is 7. The number of carbonyl (C=O) groups is 1. The molecule has 0 bridgehead atoms. The minimum absolute atomic E-state index is 0.0564. The number of benzene rings is 1. The number of para-hydroxylation sites is 2. The van der Waals surface area contributed by atoms with Crippen molar-refractivity contribution in [1.29, 1.82) is 0 Å². The molecule has 1 saturated carbocycles. The highest BCUT2D eigenvalue weighted by atomic mass is 16.1. The van der Waals surface area contributed by atoms with E-state index in [2.05, 4.69) is 51.1 Å². The van der Waals surface area contributed by atoms with E-state index in [-0.39, 0.29) is 5.91 Å². The number of piperidine rings is 1. The van der Waals surface area contributed by atoms with Crippen LogP contribution in [0.4, 0.5) is 0 Å². The van der Waals surface area contributed by atoms with Crippen molar-refractivity contribution in [3.63, 3.8) is 0 Å². The van der Waals surface area contributed by atoms with Crippen molar-refractivity contribution >= 4 is 16.9 Å². The molecule has 0 spiro atoms. The number of amides is 1. The Balaban J connectivity index is 1.19. The molecular weight excluding hydrogens is 412 g/mol. The maximum Gasteiger partial charge on any atom is 0.254 e. The Kier molecular flexibility index (Phi) is 6.49. The third kappa shape index (κ3) is 4.83. The number of imidazole rings is 1. The van der Waals surface area contributed by atoms with Gasteiger partial charge in [0.15, 0.2) is 0 Å². The third-order valence-electron chi connectivity index (χ3n) is 7.44. The van der Waals surface area contributed by atoms with Gasteiger partial charge in [-0.25, -0.2) is 4.98 Å². The van der Waals surface area contributed by atoms with E-state index in [0.29, 0.717) is 12.0 Å². The minimum atomic E-state index is 0.0564. The first-order chi connectivity index (χ1) is 16.1. The highest BCUT2D eigenvalue weighted by molar-refractivity contribution is 5.95. The molecule has 7 nitrogen and oxygen atoms in total. The molecule has 3 heterocycles. The van der Waals surface area contributed by atoms with Gasteiger partial charge in [-0.3, -0.25) is 14.4 Å². The van der Waals surface area contributed by atoms with Crippen LogP contribution in [-0.4, -0.2) is 49.3 Å². The van der Waals surface area contributed by atoms with Gasteiger partial charge in [-0.15, -0.1) is 0 Å². The van der Waals surface area contributed by atoms with Crippen molar-refractivity contribution in [3.8, 4) is 0 Å². The number of hydrogen-bond donors (Lipinski definition) is 1. The first-order valence-corrected chi connectivity index (χ1v) is 12.6. The summed E-state index contributed by atoms with van der Waals surface area (Å²) in [7, 11) is 1.91. The van der Waals surface area contributed by atoms with Gasteiger partial charge in [0, 0.05) is 25.8 Å². The first kappa shape index (κ1) is 22.1. The fraction of sp³-hybridized carbons (Fsp3) is 0.577. The molecule has 176 valence electrons. The lowest BCUT2D eigenvalue weighted by atomic mass is 9.91. The van der Waals surface area contributed by atoms with E-state index < -0.39 is 0 Å². The summed E-state index contributed by atoms with van der Waals surface area (Å²) < 4.78 is 4.13. The van der Waals surface area contributed by atoms with Crippen LogP contribution < -0.4 is 5.32 Å². The highest BCUT2D eigenvalue weighted by Gasteiger charge is 2.26. The van der Waals surface area contributed by atoms with Crippen LogP contribution in [0.1, 0.15) is 67.3 Å². The lowest BCUT2D eigenvalue weighted by Gasteiger charge is -2.31. The molecular formula is C26H36N6O. The number of aryl methyl sites for hydroxylation is 2. The average Bonchev–Trinajstić information content (AvgIpc) is 3.53. The summed E-state index contributed by atoms with van der Waals surface area (Å²) in [4.78, 5) is 20.3. The summed E-state index contributed by atoms with van der Waals surface area (Å²) in [5.41, 5.74) is 4.04. The van der Waals surface area contributed by atoms with Crippen LogP contribution >= 0.6 is 0 Å². The zero-order valence-electron chi connectivity index (χ0n) is 20.0. The molecule has 2 aromatic heterocycles. The van der Waals surface area contributed by atoms with E-state index in [9.17, 15) is 4.79 Å². The van der Waals surface area contributed by atoms with Crippen LogP contribution in [0.2, 0.25) is 0 Å². The topological polar surface area (TPSA) is 68.0 Å². The summed E-state index contributed by atoms with van der Waals surface area (Å²) in [5.74, 6) is 1.79. The molecule has 33 heavy (non-hydrogen) atoms. The molecule has 1 aliphatic carbocycles. The number of nitrogens with one attached hydrogen (secondary N) is 1. The Morgan fingerprint density at radius 1 is 1.12 bits per heavy atom. The zero-order valence-corrected chi connectivity index (χ0v) is 20.0. The van der Waals surface area contributed by atoms with Gasteiger partial charge in [-0.2, -0.15) is 5.10 Å². The molecule has 5 rings (SSSR count). The van der Waals surface area contributed by atoms with Crippen molar-refractivity contribution in [2.45, 2.75) is 71.0 Å². The summed E-state index contributed by atoms with van der Waals surface area (Å²) in [6, 6.07) is 8.75.